The van der Waals surface area contributed by atoms with E-state index in [2.05, 4.69) is 33.0 Å². The summed E-state index contributed by atoms with van der Waals surface area (Å²) in [5.41, 5.74) is 4.70. The van der Waals surface area contributed by atoms with Crippen LogP contribution in [0.25, 0.3) is 33.3 Å². The Morgan fingerprint density at radius 3 is 2.15 bits per heavy atom. The Bertz CT molecular complexity index is 1110. The molecule has 0 saturated heterocycles. The van der Waals surface area contributed by atoms with Crippen LogP contribution in [0.15, 0.2) is 83.3 Å². The maximum Gasteiger partial charge on any atom is 0.336 e. The van der Waals surface area contributed by atoms with Crippen molar-refractivity contribution in [2.75, 3.05) is 0 Å². The number of fused-ring (bicyclic) bond motifs is 1. The van der Waals surface area contributed by atoms with Crippen molar-refractivity contribution < 1.29 is 9.90 Å². The minimum absolute atomic E-state index is 0.249. The summed E-state index contributed by atoms with van der Waals surface area (Å²) in [6.45, 7) is 0. The maximum absolute atomic E-state index is 11.7. The second-order valence-corrected chi connectivity index (χ2v) is 6.88. The molecule has 4 rings (SSSR count). The van der Waals surface area contributed by atoms with Gasteiger partial charge < -0.3 is 5.11 Å². The van der Waals surface area contributed by atoms with Gasteiger partial charge in [0.1, 0.15) is 0 Å². The van der Waals surface area contributed by atoms with Gasteiger partial charge in [0, 0.05) is 15.4 Å². The number of carbonyl (C=O) groups is 1. The molecule has 3 aromatic carbocycles. The molecule has 0 atom stereocenters. The molecule has 1 heterocycles. The van der Waals surface area contributed by atoms with Gasteiger partial charge in [0.2, 0.25) is 0 Å². The Morgan fingerprint density at radius 1 is 0.808 bits per heavy atom. The maximum atomic E-state index is 11.7. The number of carboxylic acids is 1. The number of pyridine rings is 1. The molecule has 126 valence electrons. The van der Waals surface area contributed by atoms with E-state index >= 15 is 0 Å². The molecule has 4 heteroatoms. The zero-order chi connectivity index (χ0) is 18.1. The van der Waals surface area contributed by atoms with Crippen LogP contribution in [0.2, 0.25) is 0 Å². The first-order chi connectivity index (χ1) is 12.6. The van der Waals surface area contributed by atoms with Crippen molar-refractivity contribution in [1.82, 2.24) is 4.98 Å². The Kier molecular flexibility index (Phi) is 4.27. The highest BCUT2D eigenvalue weighted by Crippen LogP contribution is 2.29. The molecule has 1 aromatic heterocycles. The van der Waals surface area contributed by atoms with E-state index in [1.54, 1.807) is 12.1 Å². The van der Waals surface area contributed by atoms with Crippen LogP contribution in [-0.2, 0) is 0 Å². The van der Waals surface area contributed by atoms with Crippen molar-refractivity contribution in [2.45, 2.75) is 0 Å². The number of rotatable bonds is 3. The van der Waals surface area contributed by atoms with Gasteiger partial charge >= 0.3 is 5.97 Å². The summed E-state index contributed by atoms with van der Waals surface area (Å²) in [5.74, 6) is -0.961. The second-order valence-electron chi connectivity index (χ2n) is 5.97. The Hall–Kier alpha value is -2.98. The number of hydrogen-bond acceptors (Lipinski definition) is 2. The number of aromatic carboxylic acids is 1. The van der Waals surface area contributed by atoms with Gasteiger partial charge in [0.25, 0.3) is 0 Å². The summed E-state index contributed by atoms with van der Waals surface area (Å²) in [7, 11) is 0. The first kappa shape index (κ1) is 16.5. The lowest BCUT2D eigenvalue weighted by Gasteiger charge is -2.09. The number of aromatic nitrogens is 1. The van der Waals surface area contributed by atoms with Crippen LogP contribution in [0.5, 0.6) is 0 Å². The second kappa shape index (κ2) is 6.73. The third-order valence-electron chi connectivity index (χ3n) is 4.29. The third kappa shape index (κ3) is 3.11. The smallest absolute Gasteiger partial charge is 0.336 e. The topological polar surface area (TPSA) is 50.2 Å². The van der Waals surface area contributed by atoms with E-state index in [9.17, 15) is 9.90 Å². The molecule has 3 nitrogen and oxygen atoms in total. The van der Waals surface area contributed by atoms with Gasteiger partial charge in [-0.15, -0.1) is 0 Å². The molecule has 0 aliphatic carbocycles. The van der Waals surface area contributed by atoms with E-state index < -0.39 is 5.97 Å². The summed E-state index contributed by atoms with van der Waals surface area (Å²) in [6, 6.07) is 25.2. The fraction of sp³-hybridized carbons (Fsp3) is 0. The molecule has 0 aliphatic heterocycles. The minimum atomic E-state index is -0.961. The summed E-state index contributed by atoms with van der Waals surface area (Å²) >= 11 is 3.39. The molecule has 0 unspecified atom stereocenters. The van der Waals surface area contributed by atoms with Crippen LogP contribution in [0, 0.1) is 0 Å². The van der Waals surface area contributed by atoms with Crippen molar-refractivity contribution in [3.63, 3.8) is 0 Å². The highest BCUT2D eigenvalue weighted by molar-refractivity contribution is 9.10. The highest BCUT2D eigenvalue weighted by Gasteiger charge is 2.13. The zero-order valence-electron chi connectivity index (χ0n) is 13.7. The molecule has 0 radical (unpaired) electrons. The number of hydrogen-bond donors (Lipinski definition) is 1. The van der Waals surface area contributed by atoms with Gasteiger partial charge in [-0.05, 0) is 35.4 Å². The van der Waals surface area contributed by atoms with E-state index in [4.69, 9.17) is 0 Å². The molecule has 1 N–H and O–H groups in total. The van der Waals surface area contributed by atoms with Gasteiger partial charge in [0.05, 0.1) is 16.8 Å². The van der Waals surface area contributed by atoms with Crippen LogP contribution < -0.4 is 0 Å². The zero-order valence-corrected chi connectivity index (χ0v) is 15.3. The third-order valence-corrected chi connectivity index (χ3v) is 4.78. The Morgan fingerprint density at radius 2 is 1.46 bits per heavy atom. The predicted octanol–water partition coefficient (Wildman–Crippen LogP) is 6.03. The van der Waals surface area contributed by atoms with Gasteiger partial charge in [0.15, 0.2) is 0 Å². The lowest BCUT2D eigenvalue weighted by Crippen LogP contribution is -2.00. The average molecular weight is 404 g/mol. The van der Waals surface area contributed by atoms with Crippen LogP contribution >= 0.6 is 15.9 Å². The molecular formula is C22H14BrNO2. The molecule has 0 fully saturated rings. The lowest BCUT2D eigenvalue weighted by molar-refractivity contribution is 0.0699. The molecule has 26 heavy (non-hydrogen) atoms. The monoisotopic (exact) mass is 403 g/mol. The summed E-state index contributed by atoms with van der Waals surface area (Å²) < 4.78 is 0.828. The minimum Gasteiger partial charge on any atom is -0.478 e. The van der Waals surface area contributed by atoms with Crippen LogP contribution in [0.1, 0.15) is 10.4 Å². The van der Waals surface area contributed by atoms with Gasteiger partial charge in [-0.1, -0.05) is 70.5 Å². The van der Waals surface area contributed by atoms with Crippen molar-refractivity contribution >= 4 is 32.8 Å². The molecule has 0 spiro atoms. The average Bonchev–Trinajstić information content (AvgIpc) is 2.68. The van der Waals surface area contributed by atoms with Crippen molar-refractivity contribution in [3.8, 4) is 22.4 Å². The number of benzene rings is 3. The number of carboxylic acid groups (broad SMARTS) is 1. The number of halogens is 1. The van der Waals surface area contributed by atoms with Crippen molar-refractivity contribution in [2.24, 2.45) is 0 Å². The van der Waals surface area contributed by atoms with Crippen LogP contribution in [-0.4, -0.2) is 16.1 Å². The summed E-state index contributed by atoms with van der Waals surface area (Å²) in [4.78, 5) is 16.4. The summed E-state index contributed by atoms with van der Waals surface area (Å²) in [5, 5.41) is 10.2. The van der Waals surface area contributed by atoms with Crippen molar-refractivity contribution in [1.29, 1.82) is 0 Å². The van der Waals surface area contributed by atoms with Crippen molar-refractivity contribution in [3.05, 3.63) is 88.9 Å². The molecule has 0 amide bonds. The van der Waals surface area contributed by atoms with E-state index in [0.29, 0.717) is 16.6 Å². The Labute approximate surface area is 159 Å². The highest BCUT2D eigenvalue weighted by atomic mass is 79.9. The SMILES string of the molecule is O=C(O)c1cc(-c2ccc(-c3ccccc3)cc2)nc2ccc(Br)cc12. The predicted molar refractivity (Wildman–Crippen MR) is 107 cm³/mol. The van der Waals surface area contributed by atoms with E-state index in [-0.39, 0.29) is 5.56 Å². The molecule has 0 bridgehead atoms. The standard InChI is InChI=1S/C22H14BrNO2/c23-17-10-11-20-18(12-17)19(22(25)26)13-21(24-20)16-8-6-15(7-9-16)14-4-2-1-3-5-14/h1-13H,(H,25,26). The first-order valence-corrected chi connectivity index (χ1v) is 8.90. The van der Waals surface area contributed by atoms with Crippen LogP contribution in [0.4, 0.5) is 0 Å². The molecule has 0 saturated carbocycles. The quantitative estimate of drug-likeness (QED) is 0.454. The largest absolute Gasteiger partial charge is 0.478 e. The fourth-order valence-electron chi connectivity index (χ4n) is 2.99. The first-order valence-electron chi connectivity index (χ1n) is 8.11. The van der Waals surface area contributed by atoms with Gasteiger partial charge in [-0.3, -0.25) is 0 Å². The van der Waals surface area contributed by atoms with Crippen LogP contribution in [0.3, 0.4) is 0 Å². The van der Waals surface area contributed by atoms with Gasteiger partial charge in [-0.2, -0.15) is 0 Å². The van der Waals surface area contributed by atoms with E-state index in [1.807, 2.05) is 54.6 Å². The molecule has 4 aromatic rings. The fourth-order valence-corrected chi connectivity index (χ4v) is 3.35. The molecular weight excluding hydrogens is 390 g/mol. The summed E-state index contributed by atoms with van der Waals surface area (Å²) in [6.07, 6.45) is 0. The Balaban J connectivity index is 1.81. The number of nitrogens with zero attached hydrogens (tertiary/aromatic N) is 1. The van der Waals surface area contributed by atoms with Gasteiger partial charge in [-0.25, -0.2) is 9.78 Å². The molecule has 0 aliphatic rings. The normalized spacial score (nSPS) is 10.8. The van der Waals surface area contributed by atoms with E-state index in [0.717, 1.165) is 21.2 Å². The lowest BCUT2D eigenvalue weighted by atomic mass is 10.0. The van der Waals surface area contributed by atoms with E-state index in [1.165, 1.54) is 0 Å².